The predicted molar refractivity (Wildman–Crippen MR) is 356 cm³/mol. The summed E-state index contributed by atoms with van der Waals surface area (Å²) in [5, 5.41) is 57.2. The largest absolute Gasteiger partial charge is 0.454 e. The van der Waals surface area contributed by atoms with Crippen LogP contribution in [0.4, 0.5) is 0 Å². The van der Waals surface area contributed by atoms with Gasteiger partial charge in [-0.05, 0) is 103 Å². The average Bonchev–Trinajstić information content (AvgIpc) is 2.90. The molecule has 0 spiro atoms. The number of unbranched alkanes of at least 4 members (excludes halogenated alkanes) is 31. The van der Waals surface area contributed by atoms with Gasteiger partial charge in [0, 0.05) is 6.42 Å². The minimum absolute atomic E-state index is 0.0812. The molecule has 1 aliphatic rings. The molecule has 0 aromatic rings. The van der Waals surface area contributed by atoms with E-state index in [2.05, 4.69) is 111 Å². The summed E-state index contributed by atoms with van der Waals surface area (Å²) in [5.74, 6) is -1.23. The van der Waals surface area contributed by atoms with Crippen LogP contribution in [0.5, 0.6) is 0 Å². The van der Waals surface area contributed by atoms with Crippen molar-refractivity contribution in [3.8, 4) is 0 Å². The second kappa shape index (κ2) is 60.8. The molecule has 0 saturated carbocycles. The van der Waals surface area contributed by atoms with Crippen molar-refractivity contribution in [1.29, 1.82) is 0 Å². The Bertz CT molecular complexity index is 1750. The van der Waals surface area contributed by atoms with Crippen molar-refractivity contribution < 1.29 is 49.3 Å². The number of aliphatic hydroxyl groups excluding tert-OH is 5. The highest BCUT2D eigenvalue weighted by Gasteiger charge is 2.47. The van der Waals surface area contributed by atoms with Crippen LogP contribution in [-0.4, -0.2) is 99.6 Å². The minimum Gasteiger partial charge on any atom is -0.454 e. The fourth-order valence-electron chi connectivity index (χ4n) is 10.5. The first-order valence-electron chi connectivity index (χ1n) is 35.0. The fourth-order valence-corrected chi connectivity index (χ4v) is 10.5. The van der Waals surface area contributed by atoms with Gasteiger partial charge in [-0.2, -0.15) is 0 Å². The van der Waals surface area contributed by atoms with Crippen LogP contribution in [0.15, 0.2) is 97.2 Å². The van der Waals surface area contributed by atoms with E-state index < -0.39 is 67.4 Å². The monoisotopic (exact) mass is 1190 g/mol. The molecule has 0 aliphatic carbocycles. The number of amides is 1. The Morgan fingerprint density at radius 3 is 1.29 bits per heavy atom. The molecule has 6 N–H and O–H groups in total. The summed E-state index contributed by atoms with van der Waals surface area (Å²) in [6.07, 6.45) is 71.7. The number of hydrogen-bond acceptors (Lipinski definition) is 10. The summed E-state index contributed by atoms with van der Waals surface area (Å²) in [5.41, 5.74) is 0. The van der Waals surface area contributed by atoms with E-state index in [1.54, 1.807) is 6.08 Å². The van der Waals surface area contributed by atoms with Crippen LogP contribution >= 0.6 is 0 Å². The van der Waals surface area contributed by atoms with Crippen molar-refractivity contribution in [2.75, 3.05) is 13.2 Å². The van der Waals surface area contributed by atoms with Crippen LogP contribution in [0, 0.1) is 0 Å². The molecule has 8 atom stereocenters. The first-order chi connectivity index (χ1) is 41.7. The zero-order valence-electron chi connectivity index (χ0n) is 54.5. The van der Waals surface area contributed by atoms with Gasteiger partial charge in [-0.1, -0.05) is 285 Å². The van der Waals surface area contributed by atoms with Crippen molar-refractivity contribution in [3.63, 3.8) is 0 Å². The Kier molecular flexibility index (Phi) is 57.0. The number of carbonyl (C=O) groups excluding carboxylic acids is 2. The Morgan fingerprint density at radius 2 is 0.847 bits per heavy atom. The first-order valence-corrected chi connectivity index (χ1v) is 35.0. The van der Waals surface area contributed by atoms with E-state index in [1.165, 1.54) is 154 Å². The van der Waals surface area contributed by atoms with Crippen molar-refractivity contribution >= 4 is 11.9 Å². The predicted octanol–water partition coefficient (Wildman–Crippen LogP) is 17.8. The first kappa shape index (κ1) is 79.6. The van der Waals surface area contributed by atoms with Gasteiger partial charge < -0.3 is 45.1 Å². The molecule has 1 fully saturated rings. The van der Waals surface area contributed by atoms with Crippen LogP contribution in [-0.2, 0) is 23.8 Å². The Hall–Kier alpha value is -3.42. The molecule has 1 rings (SSSR count). The summed E-state index contributed by atoms with van der Waals surface area (Å²) in [4.78, 5) is 26.6. The molecule has 85 heavy (non-hydrogen) atoms. The average molecular weight is 1190 g/mol. The number of esters is 1. The van der Waals surface area contributed by atoms with E-state index in [-0.39, 0.29) is 19.4 Å². The summed E-state index contributed by atoms with van der Waals surface area (Å²) >= 11 is 0. The molecule has 1 heterocycles. The molecule has 1 amide bonds. The number of carbonyl (C=O) groups is 2. The lowest BCUT2D eigenvalue weighted by Crippen LogP contribution is -2.61. The third-order valence-electron chi connectivity index (χ3n) is 16.0. The third kappa shape index (κ3) is 48.2. The quantitative estimate of drug-likeness (QED) is 0.0195. The fraction of sp³-hybridized carbons (Fsp3) is 0.757. The number of ether oxygens (including phenoxy) is 3. The van der Waals surface area contributed by atoms with E-state index in [1.807, 2.05) is 6.08 Å². The van der Waals surface area contributed by atoms with Crippen molar-refractivity contribution in [3.05, 3.63) is 97.2 Å². The Labute approximate surface area is 520 Å². The molecule has 490 valence electrons. The van der Waals surface area contributed by atoms with E-state index in [9.17, 15) is 35.1 Å². The molecular weight excluding hydrogens is 1060 g/mol. The number of rotatable bonds is 59. The second-order valence-electron chi connectivity index (χ2n) is 23.9. The smallest absolute Gasteiger partial charge is 0.306 e. The van der Waals surface area contributed by atoms with Gasteiger partial charge in [-0.25, -0.2) is 0 Å². The molecule has 0 radical (unpaired) electrons. The summed E-state index contributed by atoms with van der Waals surface area (Å²) in [6, 6.07) is -1.04. The van der Waals surface area contributed by atoms with Crippen LogP contribution in [0.2, 0.25) is 0 Å². The summed E-state index contributed by atoms with van der Waals surface area (Å²) in [6.45, 7) is 5.65. The van der Waals surface area contributed by atoms with Gasteiger partial charge in [0.2, 0.25) is 5.91 Å². The molecule has 8 unspecified atom stereocenters. The van der Waals surface area contributed by atoms with Crippen LogP contribution in [0.3, 0.4) is 0 Å². The zero-order chi connectivity index (χ0) is 61.7. The van der Waals surface area contributed by atoms with Gasteiger partial charge >= 0.3 is 5.97 Å². The van der Waals surface area contributed by atoms with Crippen molar-refractivity contribution in [2.45, 2.75) is 346 Å². The maximum Gasteiger partial charge on any atom is 0.306 e. The molecule has 0 aromatic carbocycles. The number of aliphatic hydroxyl groups is 5. The molecule has 1 aliphatic heterocycles. The van der Waals surface area contributed by atoms with E-state index in [4.69, 9.17) is 14.2 Å². The number of hydrogen-bond donors (Lipinski definition) is 6. The van der Waals surface area contributed by atoms with Crippen molar-refractivity contribution in [1.82, 2.24) is 5.32 Å². The van der Waals surface area contributed by atoms with Gasteiger partial charge in [0.05, 0.1) is 25.4 Å². The van der Waals surface area contributed by atoms with Crippen LogP contribution < -0.4 is 5.32 Å². The van der Waals surface area contributed by atoms with E-state index >= 15 is 0 Å². The lowest BCUT2D eigenvalue weighted by atomic mass is 9.99. The highest BCUT2D eigenvalue weighted by molar-refractivity contribution is 5.80. The molecular formula is C74H129NO10. The summed E-state index contributed by atoms with van der Waals surface area (Å²) in [7, 11) is 0. The number of nitrogens with one attached hydrogen (secondary N) is 1. The van der Waals surface area contributed by atoms with Gasteiger partial charge in [0.1, 0.15) is 24.4 Å². The highest BCUT2D eigenvalue weighted by atomic mass is 16.7. The lowest BCUT2D eigenvalue weighted by molar-refractivity contribution is -0.305. The molecule has 11 nitrogen and oxygen atoms in total. The normalized spacial score (nSPS) is 19.0. The van der Waals surface area contributed by atoms with Crippen molar-refractivity contribution in [2.24, 2.45) is 0 Å². The maximum atomic E-state index is 13.5. The molecule has 1 saturated heterocycles. The van der Waals surface area contributed by atoms with Gasteiger partial charge in [0.25, 0.3) is 0 Å². The second-order valence-corrected chi connectivity index (χ2v) is 23.9. The van der Waals surface area contributed by atoms with Gasteiger partial charge in [0.15, 0.2) is 12.4 Å². The highest BCUT2D eigenvalue weighted by Crippen LogP contribution is 2.26. The third-order valence-corrected chi connectivity index (χ3v) is 16.0. The minimum atomic E-state index is -1.63. The number of allylic oxidation sites excluding steroid dienone is 15. The maximum absolute atomic E-state index is 13.5. The Morgan fingerprint density at radius 1 is 0.471 bits per heavy atom. The zero-order valence-corrected chi connectivity index (χ0v) is 54.5. The standard InChI is InChI=1S/C74H129NO10/c1-4-7-10-13-16-19-22-24-26-28-30-31-32-33-34-35-36-38-39-41-43-46-49-52-55-58-61-67(78)73(82)75-65(66(77)60-57-54-51-48-45-21-18-15-12-9-6-3)64-83-74-72(71(81)70(80)68(63-76)84-74)85-69(79)62-59-56-53-50-47-44-42-40-37-29-27-25-23-20-17-14-11-8-5-2/h8,11,16-17,19-20,24-27,37,40,44,47,57,60,65-68,70-72,74,76-78,80-81H,4-7,9-10,12-15,18,21-23,28-36,38-39,41-43,45-46,48-56,58-59,61-64H2,1-3H3,(H,75,82)/b11-8-,19-16-,20-17-,26-24-,27-25-,40-37-,47-44-,60-57+. The van der Waals surface area contributed by atoms with E-state index in [0.717, 1.165) is 96.3 Å². The SMILES string of the molecule is CC/C=C\C/C=C\C/C=C\C/C=C\C/C=C\CCCCCC(=O)OC1C(OCC(NC(=O)C(O)CCCCCCCCCCCCCCCCCC/C=C\C/C=C\CCCCC)C(O)/C=C/CCCCCCCCCCC)OC(CO)C(O)C1O. The topological polar surface area (TPSA) is 175 Å². The molecule has 0 bridgehead atoms. The molecule has 0 aromatic heterocycles. The van der Waals surface area contributed by atoms with Crippen LogP contribution in [0.1, 0.15) is 297 Å². The Balaban J connectivity index is 2.57. The molecule has 11 heteroatoms. The summed E-state index contributed by atoms with van der Waals surface area (Å²) < 4.78 is 17.6. The van der Waals surface area contributed by atoms with E-state index in [0.29, 0.717) is 12.8 Å². The van der Waals surface area contributed by atoms with Gasteiger partial charge in [-0.15, -0.1) is 0 Å². The van der Waals surface area contributed by atoms with Crippen LogP contribution in [0.25, 0.3) is 0 Å². The van der Waals surface area contributed by atoms with Gasteiger partial charge in [-0.3, -0.25) is 9.59 Å². The lowest BCUT2D eigenvalue weighted by Gasteiger charge is -2.41.